The number of fused-ring (bicyclic) bond motifs is 1. The maximum Gasteiger partial charge on any atom is 0.224 e. The van der Waals surface area contributed by atoms with Crippen molar-refractivity contribution in [2.45, 2.75) is 19.9 Å². The number of aromatic nitrogens is 2. The van der Waals surface area contributed by atoms with Gasteiger partial charge in [0.2, 0.25) is 5.91 Å². The van der Waals surface area contributed by atoms with Gasteiger partial charge >= 0.3 is 0 Å². The van der Waals surface area contributed by atoms with E-state index >= 15 is 0 Å². The molecule has 118 valence electrons. The van der Waals surface area contributed by atoms with E-state index in [2.05, 4.69) is 10.3 Å². The molecule has 0 saturated carbocycles. The Bertz CT molecular complexity index is 839. The van der Waals surface area contributed by atoms with Crippen molar-refractivity contribution in [3.8, 4) is 0 Å². The highest BCUT2D eigenvalue weighted by atomic mass is 32.2. The third-order valence-corrected chi connectivity index (χ3v) is 6.01. The summed E-state index contributed by atoms with van der Waals surface area (Å²) in [7, 11) is -1.06. The molecule has 0 spiro atoms. The molecule has 0 radical (unpaired) electrons. The molecule has 0 aliphatic carbocycles. The van der Waals surface area contributed by atoms with Crippen molar-refractivity contribution in [1.29, 1.82) is 0 Å². The number of carbonyl (C=O) groups excluding carboxylic acids is 1. The van der Waals surface area contributed by atoms with Gasteiger partial charge in [0, 0.05) is 13.6 Å². The van der Waals surface area contributed by atoms with E-state index in [4.69, 9.17) is 0 Å². The van der Waals surface area contributed by atoms with Crippen LogP contribution in [0.4, 0.5) is 0 Å². The third kappa shape index (κ3) is 2.85. The zero-order valence-corrected chi connectivity index (χ0v) is 13.5. The van der Waals surface area contributed by atoms with Gasteiger partial charge in [-0.05, 0) is 31.0 Å². The van der Waals surface area contributed by atoms with E-state index in [0.717, 1.165) is 22.4 Å². The topological polar surface area (TPSA) is 81.1 Å². The van der Waals surface area contributed by atoms with Crippen LogP contribution in [0.15, 0.2) is 18.2 Å². The van der Waals surface area contributed by atoms with E-state index in [-0.39, 0.29) is 17.4 Å². The summed E-state index contributed by atoms with van der Waals surface area (Å²) in [6.45, 7) is 2.34. The molecule has 2 aromatic rings. The summed E-state index contributed by atoms with van der Waals surface area (Å²) >= 11 is 0. The second-order valence-corrected chi connectivity index (χ2v) is 8.09. The lowest BCUT2D eigenvalue weighted by Crippen LogP contribution is -2.30. The number of nitrogens with zero attached hydrogens (tertiary/aromatic N) is 2. The number of amides is 1. The fraction of sp³-hybridized carbons (Fsp3) is 0.467. The summed E-state index contributed by atoms with van der Waals surface area (Å²) in [5.74, 6) is 0.429. The molecule has 1 fully saturated rings. The molecule has 1 aromatic carbocycles. The van der Waals surface area contributed by atoms with Crippen LogP contribution >= 0.6 is 0 Å². The van der Waals surface area contributed by atoms with Crippen LogP contribution in [0.25, 0.3) is 11.0 Å². The van der Waals surface area contributed by atoms with Crippen LogP contribution in [0.2, 0.25) is 0 Å². The van der Waals surface area contributed by atoms with Crippen LogP contribution in [0.5, 0.6) is 0 Å². The molecule has 1 aromatic heterocycles. The van der Waals surface area contributed by atoms with E-state index in [0.29, 0.717) is 13.0 Å². The Kier molecular flexibility index (Phi) is 3.68. The van der Waals surface area contributed by atoms with E-state index < -0.39 is 15.8 Å². The van der Waals surface area contributed by atoms with Crippen LogP contribution in [0.3, 0.4) is 0 Å². The number of rotatable bonds is 3. The van der Waals surface area contributed by atoms with Gasteiger partial charge in [-0.3, -0.25) is 4.79 Å². The molecule has 22 heavy (non-hydrogen) atoms. The smallest absolute Gasteiger partial charge is 0.224 e. The minimum Gasteiger partial charge on any atom is -0.352 e. The summed E-state index contributed by atoms with van der Waals surface area (Å²) in [4.78, 5) is 16.5. The fourth-order valence-corrected chi connectivity index (χ4v) is 4.55. The average molecular weight is 321 g/mol. The van der Waals surface area contributed by atoms with Gasteiger partial charge in [0.05, 0.1) is 28.5 Å². The van der Waals surface area contributed by atoms with Crippen molar-refractivity contribution < 1.29 is 13.2 Å². The van der Waals surface area contributed by atoms with Crippen LogP contribution in [-0.4, -0.2) is 35.4 Å². The number of sulfone groups is 1. The second kappa shape index (κ2) is 5.39. The number of carbonyl (C=O) groups is 1. The van der Waals surface area contributed by atoms with Crippen molar-refractivity contribution >= 4 is 26.8 Å². The van der Waals surface area contributed by atoms with Crippen LogP contribution < -0.4 is 5.32 Å². The van der Waals surface area contributed by atoms with Crippen LogP contribution in [0, 0.1) is 12.8 Å². The Balaban J connectivity index is 1.68. The molecular weight excluding hydrogens is 302 g/mol. The molecule has 3 rings (SSSR count). The van der Waals surface area contributed by atoms with E-state index in [1.54, 1.807) is 0 Å². The fourth-order valence-electron chi connectivity index (χ4n) is 2.81. The molecule has 1 aliphatic rings. The van der Waals surface area contributed by atoms with Crippen LogP contribution in [-0.2, 0) is 28.2 Å². The molecule has 1 aliphatic heterocycles. The van der Waals surface area contributed by atoms with Crippen molar-refractivity contribution in [2.75, 3.05) is 11.5 Å². The first-order valence-electron chi connectivity index (χ1n) is 7.26. The second-order valence-electron chi connectivity index (χ2n) is 5.86. The summed E-state index contributed by atoms with van der Waals surface area (Å²) < 4.78 is 24.8. The van der Waals surface area contributed by atoms with Crippen molar-refractivity contribution in [1.82, 2.24) is 14.9 Å². The maximum absolute atomic E-state index is 12.0. The summed E-state index contributed by atoms with van der Waals surface area (Å²) in [6, 6.07) is 5.89. The standard InChI is InChI=1S/C15H19N3O3S/c1-10-17-13-7-11(3-4-14(13)18(10)2)8-16-15(19)12-5-6-22(20,21)9-12/h3-4,7,12H,5-6,8-9H2,1-2H3,(H,16,19)/t12-/m1/s1. The third-order valence-electron chi connectivity index (χ3n) is 4.24. The van der Waals surface area contributed by atoms with Gasteiger partial charge < -0.3 is 9.88 Å². The molecule has 1 atom stereocenters. The van der Waals surface area contributed by atoms with E-state index in [1.807, 2.05) is 36.7 Å². The predicted octanol–water partition coefficient (Wildman–Crippen LogP) is 0.933. The molecule has 1 N–H and O–H groups in total. The van der Waals surface area contributed by atoms with Crippen molar-refractivity contribution in [3.63, 3.8) is 0 Å². The molecule has 0 unspecified atom stereocenters. The number of imidazole rings is 1. The van der Waals surface area contributed by atoms with Gasteiger partial charge in [0.15, 0.2) is 9.84 Å². The molecule has 7 heteroatoms. The lowest BCUT2D eigenvalue weighted by atomic mass is 10.1. The maximum atomic E-state index is 12.0. The molecule has 6 nitrogen and oxygen atoms in total. The quantitative estimate of drug-likeness (QED) is 0.912. The van der Waals surface area contributed by atoms with Crippen molar-refractivity contribution in [3.05, 3.63) is 29.6 Å². The first-order chi connectivity index (χ1) is 10.4. The Labute approximate surface area is 129 Å². The highest BCUT2D eigenvalue weighted by Gasteiger charge is 2.32. The lowest BCUT2D eigenvalue weighted by Gasteiger charge is -2.09. The first-order valence-corrected chi connectivity index (χ1v) is 9.08. The van der Waals surface area contributed by atoms with Gasteiger partial charge in [0.1, 0.15) is 5.82 Å². The minimum absolute atomic E-state index is 0.0305. The highest BCUT2D eigenvalue weighted by Crippen LogP contribution is 2.19. The number of nitrogens with one attached hydrogen (secondary N) is 1. The molecule has 2 heterocycles. The summed E-state index contributed by atoms with van der Waals surface area (Å²) in [5, 5.41) is 2.83. The van der Waals surface area contributed by atoms with E-state index in [9.17, 15) is 13.2 Å². The molecule has 1 amide bonds. The number of benzene rings is 1. The normalized spacial score (nSPS) is 20.4. The van der Waals surface area contributed by atoms with Gasteiger partial charge in [-0.2, -0.15) is 0 Å². The van der Waals surface area contributed by atoms with Gasteiger partial charge in [-0.15, -0.1) is 0 Å². The number of aryl methyl sites for hydroxylation is 2. The van der Waals surface area contributed by atoms with E-state index in [1.165, 1.54) is 0 Å². The van der Waals surface area contributed by atoms with Gasteiger partial charge in [-0.1, -0.05) is 6.07 Å². The SMILES string of the molecule is Cc1nc2cc(CNC(=O)[C@@H]3CCS(=O)(=O)C3)ccc2n1C. The zero-order valence-electron chi connectivity index (χ0n) is 12.7. The Morgan fingerprint density at radius 3 is 2.91 bits per heavy atom. The van der Waals surface area contributed by atoms with Crippen molar-refractivity contribution in [2.24, 2.45) is 13.0 Å². The van der Waals surface area contributed by atoms with Crippen LogP contribution in [0.1, 0.15) is 17.8 Å². The van der Waals surface area contributed by atoms with Gasteiger partial charge in [0.25, 0.3) is 0 Å². The largest absolute Gasteiger partial charge is 0.352 e. The Hall–Kier alpha value is -1.89. The minimum atomic E-state index is -3.03. The highest BCUT2D eigenvalue weighted by molar-refractivity contribution is 7.91. The molecule has 0 bridgehead atoms. The predicted molar refractivity (Wildman–Crippen MR) is 84.1 cm³/mol. The molecular formula is C15H19N3O3S. The molecule has 1 saturated heterocycles. The Morgan fingerprint density at radius 2 is 2.23 bits per heavy atom. The number of hydrogen-bond donors (Lipinski definition) is 1. The summed E-state index contributed by atoms with van der Waals surface area (Å²) in [6.07, 6.45) is 0.423. The average Bonchev–Trinajstić information content (AvgIpc) is 2.97. The van der Waals surface area contributed by atoms with Gasteiger partial charge in [-0.25, -0.2) is 13.4 Å². The summed E-state index contributed by atoms with van der Waals surface area (Å²) in [5.41, 5.74) is 2.91. The Morgan fingerprint density at radius 1 is 1.45 bits per heavy atom. The zero-order chi connectivity index (χ0) is 15.9. The number of hydrogen-bond acceptors (Lipinski definition) is 4. The lowest BCUT2D eigenvalue weighted by molar-refractivity contribution is -0.124. The first kappa shape index (κ1) is 15.0. The monoisotopic (exact) mass is 321 g/mol.